The van der Waals surface area contributed by atoms with Crippen LogP contribution in [0.1, 0.15) is 47.2 Å². The van der Waals surface area contributed by atoms with Gasteiger partial charge in [-0.1, -0.05) is 20.8 Å². The summed E-state index contributed by atoms with van der Waals surface area (Å²) in [6.07, 6.45) is 4.93. The Morgan fingerprint density at radius 2 is 2.00 bits per heavy atom. The van der Waals surface area contributed by atoms with Crippen LogP contribution < -0.4 is 10.9 Å². The number of aromatic amines is 1. The van der Waals surface area contributed by atoms with Crippen LogP contribution >= 0.6 is 0 Å². The molecule has 3 aromatic heterocycles. The molecular weight excluding hydrogens is 425 g/mol. The van der Waals surface area contributed by atoms with Gasteiger partial charge in [0.05, 0.1) is 17.1 Å². The molecule has 1 amide bonds. The lowest BCUT2D eigenvalue weighted by Crippen LogP contribution is -2.24. The number of nitrogens with one attached hydrogen (secondary N) is 2. The van der Waals surface area contributed by atoms with Crippen molar-refractivity contribution in [2.75, 3.05) is 7.05 Å². The van der Waals surface area contributed by atoms with Gasteiger partial charge in [-0.3, -0.25) is 14.4 Å². The predicted octanol–water partition coefficient (Wildman–Crippen LogP) is 3.38. The Morgan fingerprint density at radius 1 is 1.24 bits per heavy atom. The van der Waals surface area contributed by atoms with E-state index in [1.807, 2.05) is 20.8 Å². The summed E-state index contributed by atoms with van der Waals surface area (Å²) < 4.78 is 15.9. The zero-order valence-electron chi connectivity index (χ0n) is 18.6. The Bertz CT molecular complexity index is 1460. The molecule has 0 atom stereocenters. The van der Waals surface area contributed by atoms with E-state index in [1.165, 1.54) is 25.5 Å². The maximum Gasteiger partial charge on any atom is 0.283 e. The van der Waals surface area contributed by atoms with Crippen LogP contribution in [0, 0.1) is 5.82 Å². The smallest absolute Gasteiger partial charge is 0.283 e. The summed E-state index contributed by atoms with van der Waals surface area (Å²) in [7, 11) is 1.51. The van der Waals surface area contributed by atoms with Gasteiger partial charge in [-0.25, -0.2) is 9.37 Å². The van der Waals surface area contributed by atoms with E-state index >= 15 is 0 Å². The van der Waals surface area contributed by atoms with Gasteiger partial charge in [0.2, 0.25) is 0 Å². The molecule has 3 heterocycles. The Labute approximate surface area is 188 Å². The quantitative estimate of drug-likeness (QED) is 0.466. The average Bonchev–Trinajstić information content (AvgIpc) is 3.27. The molecule has 9 heteroatoms. The molecule has 0 aliphatic heterocycles. The van der Waals surface area contributed by atoms with E-state index < -0.39 is 11.4 Å². The standard InChI is InChI=1S/C24H22FN5O3/c1-24(2,3)15-7-14-11-29-30(23(33)20(14)18(25)9-15)21-17(12-31)16(5-6-27-21)13-8-19(28-10-13)22(32)26-4/h5-12,28H,1-4H3,(H,26,32). The summed E-state index contributed by atoms with van der Waals surface area (Å²) in [6, 6.07) is 6.25. The molecule has 0 unspecified atom stereocenters. The molecule has 4 aromatic rings. The predicted molar refractivity (Wildman–Crippen MR) is 122 cm³/mol. The van der Waals surface area contributed by atoms with E-state index in [4.69, 9.17) is 0 Å². The van der Waals surface area contributed by atoms with Crippen LogP contribution in [0.4, 0.5) is 4.39 Å². The fraction of sp³-hybridized carbons (Fsp3) is 0.208. The molecule has 168 valence electrons. The fourth-order valence-electron chi connectivity index (χ4n) is 3.63. The van der Waals surface area contributed by atoms with E-state index in [0.717, 1.165) is 10.2 Å². The van der Waals surface area contributed by atoms with Gasteiger partial charge in [-0.05, 0) is 40.8 Å². The third-order valence-electron chi connectivity index (χ3n) is 5.46. The molecule has 33 heavy (non-hydrogen) atoms. The second-order valence-electron chi connectivity index (χ2n) is 8.63. The first-order valence-electron chi connectivity index (χ1n) is 10.2. The van der Waals surface area contributed by atoms with Crippen LogP contribution in [0.2, 0.25) is 0 Å². The molecule has 0 radical (unpaired) electrons. The highest BCUT2D eigenvalue weighted by molar-refractivity contribution is 5.96. The first-order valence-corrected chi connectivity index (χ1v) is 10.2. The van der Waals surface area contributed by atoms with Crippen molar-refractivity contribution in [1.29, 1.82) is 0 Å². The molecule has 0 bridgehead atoms. The molecule has 0 saturated carbocycles. The van der Waals surface area contributed by atoms with E-state index in [9.17, 15) is 18.8 Å². The van der Waals surface area contributed by atoms with Crippen molar-refractivity contribution in [3.05, 3.63) is 75.8 Å². The van der Waals surface area contributed by atoms with Crippen molar-refractivity contribution >= 4 is 23.0 Å². The second-order valence-corrected chi connectivity index (χ2v) is 8.63. The number of H-pyrrole nitrogens is 1. The molecule has 4 rings (SSSR count). The number of carbonyl (C=O) groups is 2. The maximum absolute atomic E-state index is 15.0. The lowest BCUT2D eigenvalue weighted by molar-refractivity contribution is 0.0958. The van der Waals surface area contributed by atoms with Gasteiger partial charge >= 0.3 is 0 Å². The molecule has 0 aliphatic carbocycles. The number of pyridine rings is 1. The first-order chi connectivity index (χ1) is 15.7. The van der Waals surface area contributed by atoms with Crippen LogP contribution in [-0.4, -0.2) is 39.0 Å². The van der Waals surface area contributed by atoms with Gasteiger partial charge in [-0.15, -0.1) is 0 Å². The number of hydrogen-bond acceptors (Lipinski definition) is 5. The maximum atomic E-state index is 15.0. The van der Waals surface area contributed by atoms with E-state index in [0.29, 0.717) is 28.5 Å². The average molecular weight is 447 g/mol. The lowest BCUT2D eigenvalue weighted by atomic mass is 9.86. The monoisotopic (exact) mass is 447 g/mol. The van der Waals surface area contributed by atoms with Crippen LogP contribution in [-0.2, 0) is 5.41 Å². The van der Waals surface area contributed by atoms with Crippen molar-refractivity contribution in [3.8, 4) is 16.9 Å². The summed E-state index contributed by atoms with van der Waals surface area (Å²) in [6.45, 7) is 5.85. The number of rotatable bonds is 4. The van der Waals surface area contributed by atoms with Crippen molar-refractivity contribution in [3.63, 3.8) is 0 Å². The largest absolute Gasteiger partial charge is 0.357 e. The molecule has 8 nitrogen and oxygen atoms in total. The number of aldehydes is 1. The number of halogens is 1. The Hall–Kier alpha value is -4.14. The third-order valence-corrected chi connectivity index (χ3v) is 5.46. The second kappa shape index (κ2) is 8.09. The van der Waals surface area contributed by atoms with E-state index in [-0.39, 0.29) is 28.1 Å². The van der Waals surface area contributed by atoms with Gasteiger partial charge < -0.3 is 10.3 Å². The van der Waals surface area contributed by atoms with Gasteiger partial charge in [0.1, 0.15) is 11.5 Å². The molecular formula is C24H22FN5O3. The van der Waals surface area contributed by atoms with Crippen LogP contribution in [0.25, 0.3) is 27.7 Å². The SMILES string of the molecule is CNC(=O)c1cc(-c2ccnc(-n3ncc4cc(C(C)(C)C)cc(F)c4c3=O)c2C=O)c[nH]1. The minimum absolute atomic E-state index is 0.0311. The van der Waals surface area contributed by atoms with Crippen LogP contribution in [0.5, 0.6) is 0 Å². The Kier molecular flexibility index (Phi) is 5.41. The van der Waals surface area contributed by atoms with Gasteiger partial charge in [0.15, 0.2) is 12.1 Å². The zero-order valence-corrected chi connectivity index (χ0v) is 18.6. The van der Waals surface area contributed by atoms with E-state index in [1.54, 1.807) is 24.4 Å². The molecule has 0 aliphatic rings. The number of carbonyl (C=O) groups excluding carboxylic acids is 2. The zero-order chi connectivity index (χ0) is 23.9. The fourth-order valence-corrected chi connectivity index (χ4v) is 3.63. The lowest BCUT2D eigenvalue weighted by Gasteiger charge is -2.20. The van der Waals surface area contributed by atoms with Crippen LogP contribution in [0.15, 0.2) is 47.7 Å². The molecule has 0 fully saturated rings. The number of nitrogens with zero attached hydrogens (tertiary/aromatic N) is 3. The van der Waals surface area contributed by atoms with Crippen molar-refractivity contribution in [1.82, 2.24) is 25.1 Å². The minimum atomic E-state index is -0.724. The molecule has 2 N–H and O–H groups in total. The number of hydrogen-bond donors (Lipinski definition) is 2. The summed E-state index contributed by atoms with van der Waals surface area (Å²) in [5, 5.41) is 6.92. The number of amides is 1. The van der Waals surface area contributed by atoms with Gasteiger partial charge in [0, 0.05) is 30.4 Å². The van der Waals surface area contributed by atoms with Crippen LogP contribution in [0.3, 0.4) is 0 Å². The molecule has 0 saturated heterocycles. The first kappa shape index (κ1) is 22.1. The minimum Gasteiger partial charge on any atom is -0.357 e. The highest BCUT2D eigenvalue weighted by atomic mass is 19.1. The van der Waals surface area contributed by atoms with Crippen molar-refractivity contribution in [2.24, 2.45) is 0 Å². The van der Waals surface area contributed by atoms with Gasteiger partial charge in [0.25, 0.3) is 11.5 Å². The number of benzene rings is 1. The molecule has 0 spiro atoms. The summed E-state index contributed by atoms with van der Waals surface area (Å²) >= 11 is 0. The summed E-state index contributed by atoms with van der Waals surface area (Å²) in [5.74, 6) is -1.01. The number of aromatic nitrogens is 4. The van der Waals surface area contributed by atoms with Crippen molar-refractivity contribution in [2.45, 2.75) is 26.2 Å². The number of fused-ring (bicyclic) bond motifs is 1. The Morgan fingerprint density at radius 3 is 2.67 bits per heavy atom. The van der Waals surface area contributed by atoms with Crippen molar-refractivity contribution < 1.29 is 14.0 Å². The van der Waals surface area contributed by atoms with E-state index in [2.05, 4.69) is 20.4 Å². The normalized spacial score (nSPS) is 11.5. The topological polar surface area (TPSA) is 110 Å². The molecule has 1 aromatic carbocycles. The summed E-state index contributed by atoms with van der Waals surface area (Å²) in [4.78, 5) is 44.1. The van der Waals surface area contributed by atoms with Gasteiger partial charge in [-0.2, -0.15) is 9.78 Å². The highest BCUT2D eigenvalue weighted by Gasteiger charge is 2.21. The summed E-state index contributed by atoms with van der Waals surface area (Å²) in [5.41, 5.74) is 1.08. The Balaban J connectivity index is 1.91. The third kappa shape index (κ3) is 3.82. The highest BCUT2D eigenvalue weighted by Crippen LogP contribution is 2.28.